The van der Waals surface area contributed by atoms with E-state index in [1.165, 1.54) is 12.8 Å². The lowest BCUT2D eigenvalue weighted by atomic mass is 10.0. The van der Waals surface area contributed by atoms with E-state index in [1.807, 2.05) is 20.8 Å². The monoisotopic (exact) mass is 257 g/mol. The summed E-state index contributed by atoms with van der Waals surface area (Å²) < 4.78 is 10.4. The van der Waals surface area contributed by atoms with Crippen molar-refractivity contribution in [3.63, 3.8) is 0 Å². The van der Waals surface area contributed by atoms with E-state index in [9.17, 15) is 4.79 Å². The van der Waals surface area contributed by atoms with Crippen LogP contribution in [0.1, 0.15) is 46.5 Å². The van der Waals surface area contributed by atoms with Crippen LogP contribution in [0.4, 0.5) is 0 Å². The third-order valence-corrected chi connectivity index (χ3v) is 3.22. The van der Waals surface area contributed by atoms with Gasteiger partial charge in [0.1, 0.15) is 5.60 Å². The molecular weight excluding hydrogens is 230 g/mol. The maximum absolute atomic E-state index is 11.5. The molecule has 106 valence electrons. The fourth-order valence-electron chi connectivity index (χ4n) is 1.95. The fourth-order valence-corrected chi connectivity index (χ4v) is 1.95. The first-order chi connectivity index (χ1) is 8.37. The van der Waals surface area contributed by atoms with Gasteiger partial charge < -0.3 is 14.8 Å². The Morgan fingerprint density at radius 2 is 2.00 bits per heavy atom. The maximum atomic E-state index is 11.5. The molecule has 0 aromatic rings. The summed E-state index contributed by atoms with van der Waals surface area (Å²) in [6, 6.07) is 0. The van der Waals surface area contributed by atoms with Crippen molar-refractivity contribution < 1.29 is 14.3 Å². The summed E-state index contributed by atoms with van der Waals surface area (Å²) in [5, 5.41) is 3.36. The van der Waals surface area contributed by atoms with E-state index >= 15 is 0 Å². The summed E-state index contributed by atoms with van der Waals surface area (Å²) in [5.41, 5.74) is 0.0528. The molecule has 1 aliphatic rings. The van der Waals surface area contributed by atoms with E-state index in [2.05, 4.69) is 5.32 Å². The molecule has 0 saturated heterocycles. The molecule has 0 amide bonds. The van der Waals surface area contributed by atoms with Gasteiger partial charge in [0, 0.05) is 26.8 Å². The molecule has 1 fully saturated rings. The first-order valence-electron chi connectivity index (χ1n) is 6.78. The zero-order valence-corrected chi connectivity index (χ0v) is 12.2. The van der Waals surface area contributed by atoms with Crippen molar-refractivity contribution >= 4 is 5.97 Å². The SMILES string of the molecule is COCCC1(CNCCC(=O)OC(C)(C)C)CC1. The molecule has 18 heavy (non-hydrogen) atoms. The fraction of sp³-hybridized carbons (Fsp3) is 0.929. The van der Waals surface area contributed by atoms with Gasteiger partial charge in [-0.1, -0.05) is 0 Å². The number of carbonyl (C=O) groups excluding carboxylic acids is 1. The van der Waals surface area contributed by atoms with Crippen LogP contribution >= 0.6 is 0 Å². The second kappa shape index (κ2) is 6.53. The Bertz CT molecular complexity index is 267. The topological polar surface area (TPSA) is 47.6 Å². The first-order valence-corrected chi connectivity index (χ1v) is 6.78. The van der Waals surface area contributed by atoms with Crippen LogP contribution in [-0.2, 0) is 14.3 Å². The average molecular weight is 257 g/mol. The summed E-state index contributed by atoms with van der Waals surface area (Å²) in [6.07, 6.45) is 4.10. The normalized spacial score (nSPS) is 17.6. The van der Waals surface area contributed by atoms with Crippen molar-refractivity contribution in [1.29, 1.82) is 0 Å². The van der Waals surface area contributed by atoms with Crippen LogP contribution in [0, 0.1) is 5.41 Å². The zero-order valence-electron chi connectivity index (χ0n) is 12.2. The van der Waals surface area contributed by atoms with Crippen LogP contribution in [0.25, 0.3) is 0 Å². The smallest absolute Gasteiger partial charge is 0.307 e. The molecule has 0 bridgehead atoms. The molecule has 4 heteroatoms. The zero-order chi connectivity index (χ0) is 13.6. The predicted octanol–water partition coefficient (Wildman–Crippen LogP) is 2.12. The minimum Gasteiger partial charge on any atom is -0.460 e. The van der Waals surface area contributed by atoms with E-state index in [0.29, 0.717) is 18.4 Å². The molecule has 4 nitrogen and oxygen atoms in total. The molecule has 0 spiro atoms. The molecule has 0 unspecified atom stereocenters. The highest BCUT2D eigenvalue weighted by Gasteiger charge is 2.41. The first kappa shape index (κ1) is 15.4. The Kier molecular flexibility index (Phi) is 5.60. The predicted molar refractivity (Wildman–Crippen MR) is 71.5 cm³/mol. The molecule has 0 atom stereocenters. The molecule has 1 rings (SSSR count). The van der Waals surface area contributed by atoms with E-state index in [-0.39, 0.29) is 11.6 Å². The highest BCUT2D eigenvalue weighted by molar-refractivity contribution is 5.70. The third kappa shape index (κ3) is 6.36. The second-order valence-electron chi connectivity index (χ2n) is 6.26. The summed E-state index contributed by atoms with van der Waals surface area (Å²) in [7, 11) is 1.74. The Morgan fingerprint density at radius 1 is 1.33 bits per heavy atom. The van der Waals surface area contributed by atoms with Gasteiger partial charge in [-0.3, -0.25) is 4.79 Å². The molecule has 1 N–H and O–H groups in total. The van der Waals surface area contributed by atoms with Crippen molar-refractivity contribution in [2.24, 2.45) is 5.41 Å². The highest BCUT2D eigenvalue weighted by Crippen LogP contribution is 2.48. The number of hydrogen-bond donors (Lipinski definition) is 1. The highest BCUT2D eigenvalue weighted by atomic mass is 16.6. The average Bonchev–Trinajstić information content (AvgIpc) is 3.00. The van der Waals surface area contributed by atoms with Crippen molar-refractivity contribution in [3.8, 4) is 0 Å². The van der Waals surface area contributed by atoms with Crippen LogP contribution in [0.15, 0.2) is 0 Å². The number of esters is 1. The van der Waals surface area contributed by atoms with Crippen molar-refractivity contribution in [1.82, 2.24) is 5.32 Å². The molecule has 0 radical (unpaired) electrons. The van der Waals surface area contributed by atoms with Gasteiger partial charge in [0.2, 0.25) is 0 Å². The third-order valence-electron chi connectivity index (χ3n) is 3.22. The Morgan fingerprint density at radius 3 is 2.50 bits per heavy atom. The van der Waals surface area contributed by atoms with Crippen LogP contribution in [0.2, 0.25) is 0 Å². The van der Waals surface area contributed by atoms with E-state index in [0.717, 1.165) is 19.6 Å². The van der Waals surface area contributed by atoms with Crippen LogP contribution in [0.5, 0.6) is 0 Å². The Labute approximate surface area is 110 Å². The van der Waals surface area contributed by atoms with E-state index < -0.39 is 0 Å². The van der Waals surface area contributed by atoms with Crippen LogP contribution in [-0.4, -0.2) is 38.4 Å². The maximum Gasteiger partial charge on any atom is 0.307 e. The summed E-state index contributed by atoms with van der Waals surface area (Å²) in [4.78, 5) is 11.5. The van der Waals surface area contributed by atoms with Gasteiger partial charge in [0.15, 0.2) is 0 Å². The molecule has 0 heterocycles. The van der Waals surface area contributed by atoms with Crippen molar-refractivity contribution in [2.75, 3.05) is 26.8 Å². The van der Waals surface area contributed by atoms with Gasteiger partial charge in [0.05, 0.1) is 6.42 Å². The molecule has 1 saturated carbocycles. The molecule has 0 aromatic carbocycles. The number of ether oxygens (including phenoxy) is 2. The van der Waals surface area contributed by atoms with Crippen LogP contribution in [0.3, 0.4) is 0 Å². The van der Waals surface area contributed by atoms with Gasteiger partial charge in [0.25, 0.3) is 0 Å². The lowest BCUT2D eigenvalue weighted by Crippen LogP contribution is -2.29. The van der Waals surface area contributed by atoms with Crippen LogP contribution < -0.4 is 5.32 Å². The number of nitrogens with one attached hydrogen (secondary N) is 1. The second-order valence-corrected chi connectivity index (χ2v) is 6.26. The van der Waals surface area contributed by atoms with E-state index in [4.69, 9.17) is 9.47 Å². The number of carbonyl (C=O) groups is 1. The Hall–Kier alpha value is -0.610. The van der Waals surface area contributed by atoms with Gasteiger partial charge in [-0.2, -0.15) is 0 Å². The molecule has 1 aliphatic carbocycles. The van der Waals surface area contributed by atoms with Gasteiger partial charge in [-0.15, -0.1) is 0 Å². The van der Waals surface area contributed by atoms with Gasteiger partial charge in [-0.25, -0.2) is 0 Å². The number of methoxy groups -OCH3 is 1. The lowest BCUT2D eigenvalue weighted by Gasteiger charge is -2.20. The van der Waals surface area contributed by atoms with Gasteiger partial charge >= 0.3 is 5.97 Å². The molecular formula is C14H27NO3. The standard InChI is InChI=1S/C14H27NO3/c1-13(2,3)18-12(16)5-9-15-11-14(6-7-14)8-10-17-4/h15H,5-11H2,1-4H3. The van der Waals surface area contributed by atoms with Crippen molar-refractivity contribution in [3.05, 3.63) is 0 Å². The molecule has 0 aliphatic heterocycles. The summed E-state index contributed by atoms with van der Waals surface area (Å²) in [5.74, 6) is -0.128. The summed E-state index contributed by atoms with van der Waals surface area (Å²) >= 11 is 0. The Balaban J connectivity index is 2.06. The summed E-state index contributed by atoms with van der Waals surface area (Å²) in [6.45, 7) is 8.18. The van der Waals surface area contributed by atoms with Crippen molar-refractivity contribution in [2.45, 2.75) is 52.1 Å². The minimum atomic E-state index is -0.382. The van der Waals surface area contributed by atoms with Gasteiger partial charge in [-0.05, 0) is 45.4 Å². The number of rotatable bonds is 8. The number of hydrogen-bond acceptors (Lipinski definition) is 4. The van der Waals surface area contributed by atoms with E-state index in [1.54, 1.807) is 7.11 Å². The minimum absolute atomic E-state index is 0.128. The molecule has 0 aromatic heterocycles. The largest absolute Gasteiger partial charge is 0.460 e. The lowest BCUT2D eigenvalue weighted by molar-refractivity contribution is -0.154. The quantitative estimate of drug-likeness (QED) is 0.534.